The Morgan fingerprint density at radius 3 is 2.95 bits per heavy atom. The van der Waals surface area contributed by atoms with Crippen LogP contribution in [0, 0.1) is 12.8 Å². The third-order valence-corrected chi connectivity index (χ3v) is 3.98. The topological polar surface area (TPSA) is 82.5 Å². The van der Waals surface area contributed by atoms with E-state index >= 15 is 0 Å². The number of carbonyl (C=O) groups is 2. The second-order valence-corrected chi connectivity index (χ2v) is 5.64. The highest BCUT2D eigenvalue weighted by molar-refractivity contribution is 5.82. The second kappa shape index (κ2) is 6.56. The summed E-state index contributed by atoms with van der Waals surface area (Å²) >= 11 is 0. The minimum absolute atomic E-state index is 0.314. The fraction of sp³-hybridized carbons (Fsp3) is 0.533. The molecule has 0 aromatic carbocycles. The van der Waals surface area contributed by atoms with Crippen LogP contribution in [0.4, 0.5) is 4.79 Å². The van der Waals surface area contributed by atoms with Crippen molar-refractivity contribution in [3.63, 3.8) is 0 Å². The van der Waals surface area contributed by atoms with Crippen molar-refractivity contribution in [1.29, 1.82) is 0 Å². The Labute approximate surface area is 124 Å². The number of carbonyl (C=O) groups excluding carboxylic acids is 1. The molecule has 2 rings (SSSR count). The van der Waals surface area contributed by atoms with Gasteiger partial charge in [0, 0.05) is 25.5 Å². The summed E-state index contributed by atoms with van der Waals surface area (Å²) in [5.74, 6) is -0.602. The first kappa shape index (κ1) is 15.3. The standard InChI is InChI=1S/C15H21N3O3/c1-10-4-6-18(13(7-10)14(19)20)15(21)17-9-12-3-5-16-8-11(12)2/h3,5,8,10,13H,4,6-7,9H2,1-2H3,(H,17,21)(H,19,20). The van der Waals surface area contributed by atoms with E-state index in [9.17, 15) is 14.7 Å². The highest BCUT2D eigenvalue weighted by Crippen LogP contribution is 2.22. The van der Waals surface area contributed by atoms with Gasteiger partial charge in [-0.1, -0.05) is 6.92 Å². The van der Waals surface area contributed by atoms with Crippen molar-refractivity contribution in [1.82, 2.24) is 15.2 Å². The number of nitrogens with zero attached hydrogens (tertiary/aromatic N) is 2. The Morgan fingerprint density at radius 1 is 1.52 bits per heavy atom. The summed E-state index contributed by atoms with van der Waals surface area (Å²) < 4.78 is 0. The predicted octanol–water partition coefficient (Wildman–Crippen LogP) is 1.78. The third-order valence-electron chi connectivity index (χ3n) is 3.98. The lowest BCUT2D eigenvalue weighted by Gasteiger charge is -2.35. The predicted molar refractivity (Wildman–Crippen MR) is 77.7 cm³/mol. The van der Waals surface area contributed by atoms with E-state index in [1.54, 1.807) is 12.4 Å². The van der Waals surface area contributed by atoms with Crippen LogP contribution in [0.25, 0.3) is 0 Å². The largest absolute Gasteiger partial charge is 0.480 e. The molecule has 2 heterocycles. The number of aliphatic carboxylic acids is 1. The van der Waals surface area contributed by atoms with Gasteiger partial charge in [0.25, 0.3) is 0 Å². The van der Waals surface area contributed by atoms with Crippen molar-refractivity contribution in [2.45, 2.75) is 39.3 Å². The molecule has 2 atom stereocenters. The molecule has 1 aromatic rings. The molecule has 0 saturated carbocycles. The highest BCUT2D eigenvalue weighted by atomic mass is 16.4. The number of carboxylic acids is 1. The van der Waals surface area contributed by atoms with E-state index in [4.69, 9.17) is 0 Å². The quantitative estimate of drug-likeness (QED) is 0.889. The van der Waals surface area contributed by atoms with Gasteiger partial charge < -0.3 is 15.3 Å². The number of hydrogen-bond donors (Lipinski definition) is 2. The molecule has 0 aliphatic carbocycles. The molecule has 1 aromatic heterocycles. The number of aryl methyl sites for hydroxylation is 1. The van der Waals surface area contributed by atoms with Gasteiger partial charge in [0.2, 0.25) is 0 Å². The van der Waals surface area contributed by atoms with E-state index in [1.165, 1.54) is 4.90 Å². The summed E-state index contributed by atoms with van der Waals surface area (Å²) in [4.78, 5) is 29.0. The fourth-order valence-corrected chi connectivity index (χ4v) is 2.59. The van der Waals surface area contributed by atoms with Crippen LogP contribution >= 0.6 is 0 Å². The molecule has 114 valence electrons. The van der Waals surface area contributed by atoms with Crippen LogP contribution in [-0.2, 0) is 11.3 Å². The van der Waals surface area contributed by atoms with Gasteiger partial charge in [-0.05, 0) is 42.9 Å². The minimum Gasteiger partial charge on any atom is -0.480 e. The van der Waals surface area contributed by atoms with Crippen molar-refractivity contribution in [2.75, 3.05) is 6.54 Å². The lowest BCUT2D eigenvalue weighted by atomic mass is 9.93. The van der Waals surface area contributed by atoms with E-state index in [1.807, 2.05) is 19.9 Å². The Bertz CT molecular complexity index is 533. The number of amides is 2. The molecular formula is C15H21N3O3. The summed E-state index contributed by atoms with van der Waals surface area (Å²) in [6.07, 6.45) is 4.77. The van der Waals surface area contributed by atoms with E-state index in [2.05, 4.69) is 10.3 Å². The lowest BCUT2D eigenvalue weighted by molar-refractivity contribution is -0.143. The number of likely N-dealkylation sites (tertiary alicyclic amines) is 1. The molecule has 0 bridgehead atoms. The Hall–Kier alpha value is -2.11. The van der Waals surface area contributed by atoms with Crippen LogP contribution in [0.1, 0.15) is 30.9 Å². The molecule has 2 unspecified atom stereocenters. The van der Waals surface area contributed by atoms with Gasteiger partial charge in [-0.2, -0.15) is 0 Å². The normalized spacial score (nSPS) is 21.9. The zero-order valence-corrected chi connectivity index (χ0v) is 12.4. The van der Waals surface area contributed by atoms with E-state index in [-0.39, 0.29) is 6.03 Å². The molecular weight excluding hydrogens is 270 g/mol. The van der Waals surface area contributed by atoms with Crippen molar-refractivity contribution in [3.8, 4) is 0 Å². The van der Waals surface area contributed by atoms with E-state index in [0.717, 1.165) is 17.5 Å². The molecule has 0 spiro atoms. The second-order valence-electron chi connectivity index (χ2n) is 5.64. The summed E-state index contributed by atoms with van der Waals surface area (Å²) in [6, 6.07) is 0.806. The SMILES string of the molecule is Cc1cnccc1CNC(=O)N1CCC(C)CC1C(=O)O. The monoisotopic (exact) mass is 291 g/mol. The van der Waals surface area contributed by atoms with Gasteiger partial charge in [0.15, 0.2) is 0 Å². The molecule has 2 amide bonds. The number of urea groups is 1. The Balaban J connectivity index is 1.99. The van der Waals surface area contributed by atoms with Crippen molar-refractivity contribution in [2.24, 2.45) is 5.92 Å². The molecule has 6 nitrogen and oxygen atoms in total. The van der Waals surface area contributed by atoms with E-state index < -0.39 is 12.0 Å². The van der Waals surface area contributed by atoms with Crippen LogP contribution < -0.4 is 5.32 Å². The van der Waals surface area contributed by atoms with Crippen LogP contribution in [0.3, 0.4) is 0 Å². The van der Waals surface area contributed by atoms with Crippen LogP contribution in [0.5, 0.6) is 0 Å². The molecule has 1 aliphatic rings. The van der Waals surface area contributed by atoms with Crippen molar-refractivity contribution < 1.29 is 14.7 Å². The number of piperidine rings is 1. The first-order chi connectivity index (χ1) is 9.99. The summed E-state index contributed by atoms with van der Waals surface area (Å²) in [5.41, 5.74) is 1.98. The summed E-state index contributed by atoms with van der Waals surface area (Å²) in [6.45, 7) is 4.81. The number of rotatable bonds is 3. The van der Waals surface area contributed by atoms with Gasteiger partial charge in [-0.15, -0.1) is 0 Å². The first-order valence-corrected chi connectivity index (χ1v) is 7.15. The maximum Gasteiger partial charge on any atom is 0.326 e. The average Bonchev–Trinajstić information content (AvgIpc) is 2.46. The van der Waals surface area contributed by atoms with Crippen LogP contribution in [-0.4, -0.2) is 39.6 Å². The van der Waals surface area contributed by atoms with Crippen LogP contribution in [0.2, 0.25) is 0 Å². The Kier molecular flexibility index (Phi) is 4.77. The zero-order valence-electron chi connectivity index (χ0n) is 12.4. The number of carboxylic acid groups (broad SMARTS) is 1. The molecule has 6 heteroatoms. The lowest BCUT2D eigenvalue weighted by Crippen LogP contribution is -2.53. The Morgan fingerprint density at radius 2 is 2.29 bits per heavy atom. The third kappa shape index (κ3) is 3.71. The zero-order chi connectivity index (χ0) is 15.4. The maximum absolute atomic E-state index is 12.2. The number of pyridine rings is 1. The van der Waals surface area contributed by atoms with Crippen molar-refractivity contribution in [3.05, 3.63) is 29.6 Å². The average molecular weight is 291 g/mol. The van der Waals surface area contributed by atoms with Gasteiger partial charge in [-0.3, -0.25) is 4.98 Å². The fourth-order valence-electron chi connectivity index (χ4n) is 2.59. The molecule has 0 radical (unpaired) electrons. The highest BCUT2D eigenvalue weighted by Gasteiger charge is 2.34. The maximum atomic E-state index is 12.2. The van der Waals surface area contributed by atoms with Crippen LogP contribution in [0.15, 0.2) is 18.5 Å². The van der Waals surface area contributed by atoms with E-state index in [0.29, 0.717) is 25.4 Å². The molecule has 1 fully saturated rings. The molecule has 1 saturated heterocycles. The molecule has 2 N–H and O–H groups in total. The van der Waals surface area contributed by atoms with Gasteiger partial charge in [0.05, 0.1) is 0 Å². The van der Waals surface area contributed by atoms with Gasteiger partial charge in [0.1, 0.15) is 6.04 Å². The van der Waals surface area contributed by atoms with Gasteiger partial charge >= 0.3 is 12.0 Å². The summed E-state index contributed by atoms with van der Waals surface area (Å²) in [7, 11) is 0. The van der Waals surface area contributed by atoms with Crippen molar-refractivity contribution >= 4 is 12.0 Å². The number of nitrogens with one attached hydrogen (secondary N) is 1. The first-order valence-electron chi connectivity index (χ1n) is 7.15. The van der Waals surface area contributed by atoms with Gasteiger partial charge in [-0.25, -0.2) is 9.59 Å². The number of hydrogen-bond acceptors (Lipinski definition) is 3. The number of aromatic nitrogens is 1. The summed E-state index contributed by atoms with van der Waals surface area (Å²) in [5, 5.41) is 12.1. The minimum atomic E-state index is -0.934. The molecule has 21 heavy (non-hydrogen) atoms. The smallest absolute Gasteiger partial charge is 0.326 e. The molecule has 1 aliphatic heterocycles.